The summed E-state index contributed by atoms with van der Waals surface area (Å²) in [7, 11) is 3.31. The van der Waals surface area contributed by atoms with E-state index in [1.54, 1.807) is 14.2 Å². The molecule has 0 saturated heterocycles. The standard InChI is InChI=1S/C29H37N3O3/c1-4-9-25(24-12-8-13-26(19-24)34-3)20-31-17-16-22-14-15-28(27(18-22)32-29(33)30-2)35-21-23-10-6-5-7-11-23/h5-8,10-15,18-19,25,31H,4,9,16-17,20-21H2,1-3H3,(H2,30,32,33). The van der Waals surface area contributed by atoms with Crippen molar-refractivity contribution in [2.45, 2.75) is 38.7 Å². The number of amides is 2. The first-order chi connectivity index (χ1) is 17.1. The summed E-state index contributed by atoms with van der Waals surface area (Å²) >= 11 is 0. The average molecular weight is 476 g/mol. The van der Waals surface area contributed by atoms with Gasteiger partial charge in [-0.15, -0.1) is 0 Å². The predicted molar refractivity (Wildman–Crippen MR) is 143 cm³/mol. The Kier molecular flexibility index (Phi) is 10.5. The molecule has 186 valence electrons. The van der Waals surface area contributed by atoms with Gasteiger partial charge in [-0.2, -0.15) is 0 Å². The Bertz CT molecular complexity index is 1060. The van der Waals surface area contributed by atoms with Gasteiger partial charge < -0.3 is 25.4 Å². The number of rotatable bonds is 13. The molecule has 0 saturated carbocycles. The lowest BCUT2D eigenvalue weighted by atomic mass is 9.94. The molecule has 0 bridgehead atoms. The number of ether oxygens (including phenoxy) is 2. The maximum atomic E-state index is 12.0. The minimum absolute atomic E-state index is 0.273. The predicted octanol–water partition coefficient (Wildman–Crippen LogP) is 5.74. The average Bonchev–Trinajstić information content (AvgIpc) is 2.90. The van der Waals surface area contributed by atoms with E-state index in [2.05, 4.69) is 47.1 Å². The van der Waals surface area contributed by atoms with E-state index in [-0.39, 0.29) is 6.03 Å². The number of carbonyl (C=O) groups excluding carboxylic acids is 1. The quantitative estimate of drug-likeness (QED) is 0.276. The Labute approximate surface area is 209 Å². The number of urea groups is 1. The smallest absolute Gasteiger partial charge is 0.319 e. The zero-order valence-electron chi connectivity index (χ0n) is 21.0. The Balaban J connectivity index is 1.60. The van der Waals surface area contributed by atoms with Gasteiger partial charge in [-0.05, 0) is 66.3 Å². The van der Waals surface area contributed by atoms with E-state index in [4.69, 9.17) is 9.47 Å². The van der Waals surface area contributed by atoms with Crippen LogP contribution in [0.15, 0.2) is 72.8 Å². The maximum Gasteiger partial charge on any atom is 0.319 e. The van der Waals surface area contributed by atoms with E-state index >= 15 is 0 Å². The van der Waals surface area contributed by atoms with Gasteiger partial charge in [-0.25, -0.2) is 4.79 Å². The van der Waals surface area contributed by atoms with Crippen molar-refractivity contribution in [2.24, 2.45) is 0 Å². The van der Waals surface area contributed by atoms with Gasteiger partial charge in [-0.1, -0.05) is 61.9 Å². The molecule has 0 fully saturated rings. The SMILES string of the molecule is CCCC(CNCCc1ccc(OCc2ccccc2)c(NC(=O)NC)c1)c1cccc(OC)c1. The highest BCUT2D eigenvalue weighted by molar-refractivity contribution is 5.90. The number of hydrogen-bond acceptors (Lipinski definition) is 4. The van der Waals surface area contributed by atoms with Gasteiger partial charge in [0.05, 0.1) is 12.8 Å². The van der Waals surface area contributed by atoms with Crippen LogP contribution in [-0.2, 0) is 13.0 Å². The third-order valence-corrected chi connectivity index (χ3v) is 5.94. The molecular weight excluding hydrogens is 438 g/mol. The van der Waals surface area contributed by atoms with Crippen molar-refractivity contribution in [1.29, 1.82) is 0 Å². The molecule has 0 radical (unpaired) electrons. The second kappa shape index (κ2) is 14.0. The van der Waals surface area contributed by atoms with Crippen LogP contribution in [0.4, 0.5) is 10.5 Å². The third kappa shape index (κ3) is 8.34. The normalized spacial score (nSPS) is 11.5. The molecule has 0 heterocycles. The first kappa shape index (κ1) is 26.1. The third-order valence-electron chi connectivity index (χ3n) is 5.94. The van der Waals surface area contributed by atoms with Gasteiger partial charge in [0.1, 0.15) is 18.1 Å². The highest BCUT2D eigenvalue weighted by Crippen LogP contribution is 2.27. The van der Waals surface area contributed by atoms with Crippen LogP contribution in [0.5, 0.6) is 11.5 Å². The Hall–Kier alpha value is -3.51. The molecular formula is C29H37N3O3. The molecule has 3 N–H and O–H groups in total. The van der Waals surface area contributed by atoms with Crippen LogP contribution < -0.4 is 25.4 Å². The van der Waals surface area contributed by atoms with Crippen molar-refractivity contribution >= 4 is 11.7 Å². The topological polar surface area (TPSA) is 71.6 Å². The summed E-state index contributed by atoms with van der Waals surface area (Å²) in [6.45, 7) is 4.40. The number of hydrogen-bond donors (Lipinski definition) is 3. The van der Waals surface area contributed by atoms with Gasteiger partial charge in [0.15, 0.2) is 0 Å². The van der Waals surface area contributed by atoms with Gasteiger partial charge in [-0.3, -0.25) is 0 Å². The van der Waals surface area contributed by atoms with Crippen LogP contribution in [0.25, 0.3) is 0 Å². The molecule has 6 nitrogen and oxygen atoms in total. The molecule has 3 aromatic carbocycles. The van der Waals surface area contributed by atoms with Crippen molar-refractivity contribution in [2.75, 3.05) is 32.6 Å². The number of methoxy groups -OCH3 is 1. The van der Waals surface area contributed by atoms with Crippen LogP contribution in [0.3, 0.4) is 0 Å². The lowest BCUT2D eigenvalue weighted by Gasteiger charge is -2.18. The highest BCUT2D eigenvalue weighted by atomic mass is 16.5. The fourth-order valence-electron chi connectivity index (χ4n) is 4.02. The monoisotopic (exact) mass is 475 g/mol. The van der Waals surface area contributed by atoms with Crippen LogP contribution in [0.2, 0.25) is 0 Å². The highest BCUT2D eigenvalue weighted by Gasteiger charge is 2.12. The maximum absolute atomic E-state index is 12.0. The summed E-state index contributed by atoms with van der Waals surface area (Å²) in [6.07, 6.45) is 3.09. The fraction of sp³-hybridized carbons (Fsp3) is 0.345. The number of anilines is 1. The number of carbonyl (C=O) groups is 1. The van der Waals surface area contributed by atoms with Crippen LogP contribution in [-0.4, -0.2) is 33.3 Å². The molecule has 1 unspecified atom stereocenters. The van der Waals surface area contributed by atoms with Crippen molar-refractivity contribution in [1.82, 2.24) is 10.6 Å². The van der Waals surface area contributed by atoms with Gasteiger partial charge >= 0.3 is 6.03 Å². The molecule has 0 aliphatic heterocycles. The first-order valence-electron chi connectivity index (χ1n) is 12.3. The number of benzene rings is 3. The van der Waals surface area contributed by atoms with Crippen molar-refractivity contribution in [3.8, 4) is 11.5 Å². The van der Waals surface area contributed by atoms with Crippen LogP contribution in [0, 0.1) is 0 Å². The molecule has 6 heteroatoms. The summed E-state index contributed by atoms with van der Waals surface area (Å²) in [5, 5.41) is 9.11. The zero-order valence-corrected chi connectivity index (χ0v) is 21.0. The minimum atomic E-state index is -0.273. The van der Waals surface area contributed by atoms with E-state index in [0.717, 1.165) is 49.2 Å². The Morgan fingerprint density at radius 2 is 1.80 bits per heavy atom. The lowest BCUT2D eigenvalue weighted by Crippen LogP contribution is -2.25. The molecule has 2 amide bonds. The van der Waals surface area contributed by atoms with Gasteiger partial charge in [0.25, 0.3) is 0 Å². The Morgan fingerprint density at radius 3 is 2.54 bits per heavy atom. The van der Waals surface area contributed by atoms with E-state index in [9.17, 15) is 4.79 Å². The van der Waals surface area contributed by atoms with Crippen LogP contribution in [0.1, 0.15) is 42.4 Å². The molecule has 3 rings (SSSR count). The Morgan fingerprint density at radius 1 is 0.971 bits per heavy atom. The largest absolute Gasteiger partial charge is 0.497 e. The zero-order chi connectivity index (χ0) is 24.9. The van der Waals surface area contributed by atoms with Crippen molar-refractivity contribution < 1.29 is 14.3 Å². The summed E-state index contributed by atoms with van der Waals surface area (Å²) < 4.78 is 11.4. The molecule has 1 atom stereocenters. The molecule has 0 spiro atoms. The second-order valence-corrected chi connectivity index (χ2v) is 8.53. The van der Waals surface area contributed by atoms with Crippen molar-refractivity contribution in [3.05, 3.63) is 89.5 Å². The summed E-state index contributed by atoms with van der Waals surface area (Å²) in [6, 6.07) is 24.0. The number of nitrogens with one attached hydrogen (secondary N) is 3. The van der Waals surface area contributed by atoms with Crippen LogP contribution >= 0.6 is 0 Å². The van der Waals surface area contributed by atoms with Crippen molar-refractivity contribution in [3.63, 3.8) is 0 Å². The summed E-state index contributed by atoms with van der Waals surface area (Å²) in [5.74, 6) is 1.99. The minimum Gasteiger partial charge on any atom is -0.497 e. The second-order valence-electron chi connectivity index (χ2n) is 8.53. The van der Waals surface area contributed by atoms with E-state index in [0.29, 0.717) is 24.0 Å². The molecule has 35 heavy (non-hydrogen) atoms. The summed E-state index contributed by atoms with van der Waals surface area (Å²) in [4.78, 5) is 12.0. The lowest BCUT2D eigenvalue weighted by molar-refractivity contribution is 0.253. The van der Waals surface area contributed by atoms with E-state index < -0.39 is 0 Å². The summed E-state index contributed by atoms with van der Waals surface area (Å²) in [5.41, 5.74) is 4.17. The van der Waals surface area contributed by atoms with Gasteiger partial charge in [0.2, 0.25) is 0 Å². The molecule has 3 aromatic rings. The van der Waals surface area contributed by atoms with E-state index in [1.165, 1.54) is 5.56 Å². The fourth-order valence-corrected chi connectivity index (χ4v) is 4.02. The molecule has 0 aliphatic rings. The molecule has 0 aliphatic carbocycles. The van der Waals surface area contributed by atoms with E-state index in [1.807, 2.05) is 48.5 Å². The first-order valence-corrected chi connectivity index (χ1v) is 12.3. The molecule has 0 aromatic heterocycles. The van der Waals surface area contributed by atoms with Gasteiger partial charge in [0, 0.05) is 13.6 Å².